The number of nitrogens with zero attached hydrogens (tertiary/aromatic N) is 2. The number of hydrogen-bond acceptors (Lipinski definition) is 2. The lowest BCUT2D eigenvalue weighted by atomic mass is 10.2. The van der Waals surface area contributed by atoms with Crippen molar-refractivity contribution < 1.29 is 4.79 Å². The largest absolute Gasteiger partial charge is 0.322 e. The Labute approximate surface area is 152 Å². The predicted molar refractivity (Wildman–Crippen MR) is 98.8 cm³/mol. The normalized spacial score (nSPS) is 15.3. The summed E-state index contributed by atoms with van der Waals surface area (Å²) in [5, 5.41) is 4.32. The molecule has 1 saturated heterocycles. The second kappa shape index (κ2) is 7.88. The van der Waals surface area contributed by atoms with Crippen LogP contribution in [0.15, 0.2) is 48.5 Å². The molecule has 0 spiro atoms. The van der Waals surface area contributed by atoms with Gasteiger partial charge in [-0.05, 0) is 42.0 Å². The van der Waals surface area contributed by atoms with Crippen LogP contribution in [0.1, 0.15) is 5.56 Å². The molecule has 1 heterocycles. The lowest BCUT2D eigenvalue weighted by Crippen LogP contribution is -2.49. The second-order valence-electron chi connectivity index (χ2n) is 5.83. The molecule has 0 radical (unpaired) electrons. The third kappa shape index (κ3) is 4.63. The summed E-state index contributed by atoms with van der Waals surface area (Å²) in [6.45, 7) is 3.97. The molecular weight excluding hydrogens is 345 g/mol. The molecule has 0 atom stereocenters. The highest BCUT2D eigenvalue weighted by atomic mass is 35.5. The molecule has 0 unspecified atom stereocenters. The quantitative estimate of drug-likeness (QED) is 0.879. The minimum absolute atomic E-state index is 0.0697. The van der Waals surface area contributed by atoms with Crippen molar-refractivity contribution in [1.29, 1.82) is 0 Å². The summed E-state index contributed by atoms with van der Waals surface area (Å²) in [5.41, 5.74) is 1.95. The van der Waals surface area contributed by atoms with Gasteiger partial charge in [-0.3, -0.25) is 4.90 Å². The van der Waals surface area contributed by atoms with Gasteiger partial charge in [0.25, 0.3) is 0 Å². The van der Waals surface area contributed by atoms with Gasteiger partial charge >= 0.3 is 6.03 Å². The molecule has 0 bridgehead atoms. The van der Waals surface area contributed by atoms with Crippen molar-refractivity contribution in [2.75, 3.05) is 31.5 Å². The molecular formula is C18H19Cl2N3O. The Morgan fingerprint density at radius 1 is 0.958 bits per heavy atom. The van der Waals surface area contributed by atoms with Gasteiger partial charge in [0, 0.05) is 48.5 Å². The molecule has 126 valence electrons. The van der Waals surface area contributed by atoms with Crippen LogP contribution >= 0.6 is 23.2 Å². The van der Waals surface area contributed by atoms with E-state index in [-0.39, 0.29) is 6.03 Å². The molecule has 2 amide bonds. The van der Waals surface area contributed by atoms with Crippen LogP contribution in [0.2, 0.25) is 10.0 Å². The molecule has 1 aliphatic rings. The minimum atomic E-state index is -0.0697. The van der Waals surface area contributed by atoms with Gasteiger partial charge in [0.1, 0.15) is 0 Å². The fraction of sp³-hybridized carbons (Fsp3) is 0.278. The van der Waals surface area contributed by atoms with E-state index in [9.17, 15) is 4.79 Å². The van der Waals surface area contributed by atoms with Crippen LogP contribution < -0.4 is 5.32 Å². The Balaban J connectivity index is 1.49. The first-order valence-electron chi connectivity index (χ1n) is 7.88. The fourth-order valence-corrected chi connectivity index (χ4v) is 3.08. The van der Waals surface area contributed by atoms with E-state index in [1.165, 1.54) is 5.56 Å². The highest BCUT2D eigenvalue weighted by Gasteiger charge is 2.21. The number of carbonyl (C=O) groups is 1. The number of halogens is 2. The van der Waals surface area contributed by atoms with E-state index < -0.39 is 0 Å². The van der Waals surface area contributed by atoms with Gasteiger partial charge < -0.3 is 10.2 Å². The van der Waals surface area contributed by atoms with E-state index in [1.54, 1.807) is 24.3 Å². The van der Waals surface area contributed by atoms with Crippen molar-refractivity contribution >= 4 is 34.9 Å². The van der Waals surface area contributed by atoms with Crippen molar-refractivity contribution in [3.05, 3.63) is 64.1 Å². The van der Waals surface area contributed by atoms with Crippen LogP contribution in [0, 0.1) is 0 Å². The number of piperazine rings is 1. The summed E-state index contributed by atoms with van der Waals surface area (Å²) in [5.74, 6) is 0. The van der Waals surface area contributed by atoms with Crippen molar-refractivity contribution in [3.63, 3.8) is 0 Å². The summed E-state index contributed by atoms with van der Waals surface area (Å²) >= 11 is 11.9. The first-order valence-corrected chi connectivity index (χ1v) is 8.64. The molecule has 4 nitrogen and oxygen atoms in total. The number of urea groups is 1. The average molecular weight is 364 g/mol. The monoisotopic (exact) mass is 363 g/mol. The van der Waals surface area contributed by atoms with Crippen LogP contribution in [-0.2, 0) is 6.54 Å². The van der Waals surface area contributed by atoms with Crippen LogP contribution in [0.25, 0.3) is 0 Å². The highest BCUT2D eigenvalue weighted by Crippen LogP contribution is 2.16. The number of rotatable bonds is 3. The van der Waals surface area contributed by atoms with Gasteiger partial charge in [-0.2, -0.15) is 0 Å². The Bertz CT molecular complexity index is 698. The maximum atomic E-state index is 12.3. The minimum Gasteiger partial charge on any atom is -0.322 e. The lowest BCUT2D eigenvalue weighted by molar-refractivity contribution is 0.143. The topological polar surface area (TPSA) is 35.6 Å². The van der Waals surface area contributed by atoms with Gasteiger partial charge in [-0.1, -0.05) is 35.3 Å². The second-order valence-corrected chi connectivity index (χ2v) is 6.70. The third-order valence-corrected chi connectivity index (χ3v) is 4.54. The summed E-state index contributed by atoms with van der Waals surface area (Å²) in [6.07, 6.45) is 0. The summed E-state index contributed by atoms with van der Waals surface area (Å²) < 4.78 is 0. The lowest BCUT2D eigenvalue weighted by Gasteiger charge is -2.34. The molecule has 0 aromatic heterocycles. The van der Waals surface area contributed by atoms with Crippen molar-refractivity contribution in [2.45, 2.75) is 6.54 Å². The number of nitrogens with one attached hydrogen (secondary N) is 1. The van der Waals surface area contributed by atoms with Gasteiger partial charge in [0.05, 0.1) is 0 Å². The van der Waals surface area contributed by atoms with Gasteiger partial charge in [-0.25, -0.2) is 4.79 Å². The smallest absolute Gasteiger partial charge is 0.321 e. The first kappa shape index (κ1) is 17.1. The van der Waals surface area contributed by atoms with E-state index in [0.717, 1.165) is 30.3 Å². The van der Waals surface area contributed by atoms with E-state index in [1.807, 2.05) is 23.1 Å². The summed E-state index contributed by atoms with van der Waals surface area (Å²) in [4.78, 5) is 16.5. The third-order valence-electron chi connectivity index (χ3n) is 4.05. The van der Waals surface area contributed by atoms with E-state index >= 15 is 0 Å². The van der Waals surface area contributed by atoms with Gasteiger partial charge in [0.2, 0.25) is 0 Å². The van der Waals surface area contributed by atoms with E-state index in [0.29, 0.717) is 18.1 Å². The summed E-state index contributed by atoms with van der Waals surface area (Å²) in [6, 6.07) is 15.0. The van der Waals surface area contributed by atoms with Gasteiger partial charge in [-0.15, -0.1) is 0 Å². The maximum absolute atomic E-state index is 12.3. The summed E-state index contributed by atoms with van der Waals surface area (Å²) in [7, 11) is 0. The number of hydrogen-bond donors (Lipinski definition) is 1. The van der Waals surface area contributed by atoms with E-state index in [4.69, 9.17) is 23.2 Å². The van der Waals surface area contributed by atoms with Crippen LogP contribution in [-0.4, -0.2) is 42.0 Å². The van der Waals surface area contributed by atoms with Crippen LogP contribution in [0.5, 0.6) is 0 Å². The molecule has 1 fully saturated rings. The SMILES string of the molecule is O=C(Nc1ccc(Cl)cc1)N1CCN(Cc2cccc(Cl)c2)CC1. The molecule has 24 heavy (non-hydrogen) atoms. The Morgan fingerprint density at radius 2 is 1.67 bits per heavy atom. The van der Waals surface area contributed by atoms with Crippen molar-refractivity contribution in [2.24, 2.45) is 0 Å². The van der Waals surface area contributed by atoms with E-state index in [2.05, 4.69) is 16.3 Å². The Hall–Kier alpha value is -1.75. The van der Waals surface area contributed by atoms with Crippen LogP contribution in [0.3, 0.4) is 0 Å². The predicted octanol–water partition coefficient (Wildman–Crippen LogP) is 4.34. The number of anilines is 1. The highest BCUT2D eigenvalue weighted by molar-refractivity contribution is 6.30. The molecule has 6 heteroatoms. The zero-order valence-electron chi connectivity index (χ0n) is 13.2. The maximum Gasteiger partial charge on any atom is 0.321 e. The molecule has 0 aliphatic carbocycles. The molecule has 1 N–H and O–H groups in total. The molecule has 0 saturated carbocycles. The number of carbonyl (C=O) groups excluding carboxylic acids is 1. The van der Waals surface area contributed by atoms with Crippen molar-refractivity contribution in [3.8, 4) is 0 Å². The Kier molecular flexibility index (Phi) is 5.61. The Morgan fingerprint density at radius 3 is 2.33 bits per heavy atom. The first-order chi connectivity index (χ1) is 11.6. The molecule has 2 aromatic carbocycles. The zero-order valence-corrected chi connectivity index (χ0v) is 14.7. The number of amides is 2. The zero-order chi connectivity index (χ0) is 16.9. The van der Waals surface area contributed by atoms with Crippen molar-refractivity contribution in [1.82, 2.24) is 9.80 Å². The van der Waals surface area contributed by atoms with Crippen LogP contribution in [0.4, 0.5) is 10.5 Å². The standard InChI is InChI=1S/C18H19Cl2N3O/c19-15-4-6-17(7-5-15)21-18(24)23-10-8-22(9-11-23)13-14-2-1-3-16(20)12-14/h1-7,12H,8-11,13H2,(H,21,24). The molecule has 3 rings (SSSR count). The fourth-order valence-electron chi connectivity index (χ4n) is 2.74. The molecule has 1 aliphatic heterocycles. The average Bonchev–Trinajstić information content (AvgIpc) is 2.57. The van der Waals surface area contributed by atoms with Gasteiger partial charge in [0.15, 0.2) is 0 Å². The molecule has 2 aromatic rings. The number of benzene rings is 2.